The van der Waals surface area contributed by atoms with E-state index in [9.17, 15) is 4.79 Å². The molecule has 86 valence electrons. The third-order valence-corrected chi connectivity index (χ3v) is 2.09. The van der Waals surface area contributed by atoms with Crippen LogP contribution in [0, 0.1) is 0 Å². The highest BCUT2D eigenvalue weighted by molar-refractivity contribution is 7.04. The molecule has 0 spiro atoms. The molecule has 4 nitrogen and oxygen atoms in total. The first-order valence-electron chi connectivity index (χ1n) is 5.08. The number of aromatic nitrogens is 1. The van der Waals surface area contributed by atoms with Crippen LogP contribution in [-0.4, -0.2) is 23.4 Å². The molecule has 0 bridgehead atoms. The molecule has 0 aliphatic heterocycles. The molecule has 0 radical (unpaired) electrons. The Bertz CT molecular complexity index is 297. The Morgan fingerprint density at radius 1 is 1.47 bits per heavy atom. The Labute approximate surface area is 95.3 Å². The molecule has 0 aliphatic rings. The molecule has 1 rings (SSSR count). The van der Waals surface area contributed by atoms with Gasteiger partial charge in [-0.1, -0.05) is 13.8 Å². The van der Waals surface area contributed by atoms with Crippen LogP contribution in [0.15, 0.2) is 5.38 Å². The van der Waals surface area contributed by atoms with Crippen LogP contribution in [0.5, 0.6) is 0 Å². The fraction of sp³-hybridized carbons (Fsp3) is 0.600. The van der Waals surface area contributed by atoms with Crippen LogP contribution in [0.1, 0.15) is 38.2 Å². The maximum Gasteiger partial charge on any atom is 0.272 e. The first-order valence-corrected chi connectivity index (χ1v) is 5.91. The van der Waals surface area contributed by atoms with Gasteiger partial charge in [0.2, 0.25) is 0 Å². The molecular weight excluding hydrogens is 210 g/mol. The van der Waals surface area contributed by atoms with E-state index in [0.29, 0.717) is 11.7 Å². The number of rotatable bonds is 3. The zero-order chi connectivity index (χ0) is 11.8. The Balaban J connectivity index is 0.000000921. The number of hydrogen-bond donors (Lipinski definition) is 2. The molecule has 1 amide bonds. The van der Waals surface area contributed by atoms with Crippen molar-refractivity contribution in [2.24, 2.45) is 0 Å². The Hall–Kier alpha value is -1.10. The zero-order valence-corrected chi connectivity index (χ0v) is 10.7. The topological polar surface area (TPSA) is 54.0 Å². The maximum atomic E-state index is 11.3. The van der Waals surface area contributed by atoms with E-state index in [1.807, 2.05) is 33.1 Å². The van der Waals surface area contributed by atoms with E-state index in [4.69, 9.17) is 0 Å². The zero-order valence-electron chi connectivity index (χ0n) is 9.92. The molecule has 15 heavy (non-hydrogen) atoms. The average molecular weight is 229 g/mol. The van der Waals surface area contributed by atoms with Gasteiger partial charge in [0.25, 0.3) is 5.91 Å². The van der Waals surface area contributed by atoms with E-state index < -0.39 is 0 Å². The van der Waals surface area contributed by atoms with Gasteiger partial charge in [0.15, 0.2) is 5.69 Å². The van der Waals surface area contributed by atoms with Crippen LogP contribution >= 0.6 is 11.5 Å². The van der Waals surface area contributed by atoms with Crippen molar-refractivity contribution in [2.45, 2.75) is 33.7 Å². The van der Waals surface area contributed by atoms with Gasteiger partial charge in [-0.2, -0.15) is 4.37 Å². The summed E-state index contributed by atoms with van der Waals surface area (Å²) < 4.78 is 4.01. The molecule has 0 saturated carbocycles. The van der Waals surface area contributed by atoms with Gasteiger partial charge in [0.05, 0.1) is 5.69 Å². The van der Waals surface area contributed by atoms with Gasteiger partial charge in [-0.25, -0.2) is 0 Å². The van der Waals surface area contributed by atoms with Crippen molar-refractivity contribution in [3.05, 3.63) is 11.1 Å². The minimum absolute atomic E-state index is 0.149. The normalized spacial score (nSPS) is 9.20. The molecule has 0 saturated heterocycles. The number of carbonyl (C=O) groups excluding carboxylic acids is 1. The summed E-state index contributed by atoms with van der Waals surface area (Å²) in [5, 5.41) is 7.54. The first-order chi connectivity index (χ1) is 7.15. The number of hydrogen-bond acceptors (Lipinski definition) is 4. The van der Waals surface area contributed by atoms with Gasteiger partial charge in [0, 0.05) is 18.5 Å². The third kappa shape index (κ3) is 4.29. The van der Waals surface area contributed by atoms with E-state index >= 15 is 0 Å². The summed E-state index contributed by atoms with van der Waals surface area (Å²) in [5.41, 5.74) is 1.28. The van der Waals surface area contributed by atoms with E-state index in [1.54, 1.807) is 7.05 Å². The predicted octanol–water partition coefficient (Wildman–Crippen LogP) is 2.35. The number of nitrogens with zero attached hydrogens (tertiary/aromatic N) is 1. The summed E-state index contributed by atoms with van der Waals surface area (Å²) in [4.78, 5) is 11.3. The second-order valence-corrected chi connectivity index (χ2v) is 3.58. The molecule has 1 aromatic heterocycles. The van der Waals surface area contributed by atoms with Crippen molar-refractivity contribution < 1.29 is 4.79 Å². The smallest absolute Gasteiger partial charge is 0.272 e. The monoisotopic (exact) mass is 229 g/mol. The second kappa shape index (κ2) is 7.23. The largest absolute Gasteiger partial charge is 0.380 e. The predicted molar refractivity (Wildman–Crippen MR) is 65.6 cm³/mol. The molecule has 0 fully saturated rings. The Morgan fingerprint density at radius 3 is 2.53 bits per heavy atom. The fourth-order valence-corrected chi connectivity index (χ4v) is 1.56. The maximum absolute atomic E-state index is 11.3. The van der Waals surface area contributed by atoms with Gasteiger partial charge >= 0.3 is 0 Å². The molecule has 0 unspecified atom stereocenters. The molecule has 0 aliphatic carbocycles. The van der Waals surface area contributed by atoms with Gasteiger partial charge in [-0.3, -0.25) is 4.79 Å². The van der Waals surface area contributed by atoms with Crippen LogP contribution in [-0.2, 0) is 0 Å². The average Bonchev–Trinajstić information content (AvgIpc) is 2.67. The minimum atomic E-state index is -0.149. The van der Waals surface area contributed by atoms with Crippen molar-refractivity contribution in [3.63, 3.8) is 0 Å². The van der Waals surface area contributed by atoms with Gasteiger partial charge in [-0.05, 0) is 25.4 Å². The highest BCUT2D eigenvalue weighted by Crippen LogP contribution is 2.17. The van der Waals surface area contributed by atoms with Crippen molar-refractivity contribution in [3.8, 4) is 0 Å². The Kier molecular flexibility index (Phi) is 6.70. The third-order valence-electron chi connectivity index (χ3n) is 1.46. The molecule has 1 aromatic rings. The summed E-state index contributed by atoms with van der Waals surface area (Å²) in [6.07, 6.45) is 0. The molecular formula is C10H19N3OS. The van der Waals surface area contributed by atoms with Crippen molar-refractivity contribution >= 4 is 23.1 Å². The van der Waals surface area contributed by atoms with Crippen molar-refractivity contribution in [1.29, 1.82) is 0 Å². The minimum Gasteiger partial charge on any atom is -0.380 e. The summed E-state index contributed by atoms with van der Waals surface area (Å²) in [6, 6.07) is 0.305. The number of anilines is 1. The van der Waals surface area contributed by atoms with Crippen molar-refractivity contribution in [1.82, 2.24) is 9.69 Å². The quantitative estimate of drug-likeness (QED) is 0.836. The van der Waals surface area contributed by atoms with Gasteiger partial charge in [0.1, 0.15) is 0 Å². The van der Waals surface area contributed by atoms with E-state index in [2.05, 4.69) is 15.0 Å². The molecule has 5 heteroatoms. The van der Waals surface area contributed by atoms with Crippen LogP contribution < -0.4 is 10.6 Å². The SMILES string of the molecule is CC.CNC(=O)c1nscc1NC(C)C. The van der Waals surface area contributed by atoms with Crippen LogP contribution in [0.2, 0.25) is 0 Å². The second-order valence-electron chi connectivity index (χ2n) is 2.95. The van der Waals surface area contributed by atoms with E-state index in [1.165, 1.54) is 11.5 Å². The lowest BCUT2D eigenvalue weighted by molar-refractivity contribution is 0.0960. The Morgan fingerprint density at radius 2 is 2.07 bits per heavy atom. The van der Waals surface area contributed by atoms with E-state index in [-0.39, 0.29) is 5.91 Å². The molecule has 2 N–H and O–H groups in total. The first kappa shape index (κ1) is 13.9. The molecule has 1 heterocycles. The van der Waals surface area contributed by atoms with Gasteiger partial charge < -0.3 is 10.6 Å². The summed E-state index contributed by atoms with van der Waals surface area (Å²) in [7, 11) is 1.60. The summed E-state index contributed by atoms with van der Waals surface area (Å²) in [6.45, 7) is 8.04. The number of nitrogens with one attached hydrogen (secondary N) is 2. The molecule has 0 aromatic carbocycles. The van der Waals surface area contributed by atoms with Crippen molar-refractivity contribution in [2.75, 3.05) is 12.4 Å². The van der Waals surface area contributed by atoms with Crippen LogP contribution in [0.25, 0.3) is 0 Å². The highest BCUT2D eigenvalue weighted by atomic mass is 32.1. The lowest BCUT2D eigenvalue weighted by Gasteiger charge is -2.08. The standard InChI is InChI=1S/C8H13N3OS.C2H6/c1-5(2)10-6-4-13-11-7(6)8(12)9-3;1-2/h4-5,10H,1-3H3,(H,9,12);1-2H3. The summed E-state index contributed by atoms with van der Waals surface area (Å²) in [5.74, 6) is -0.149. The number of amides is 1. The van der Waals surface area contributed by atoms with Crippen LogP contribution in [0.4, 0.5) is 5.69 Å². The molecule has 0 atom stereocenters. The highest BCUT2D eigenvalue weighted by Gasteiger charge is 2.13. The summed E-state index contributed by atoms with van der Waals surface area (Å²) >= 11 is 1.28. The fourth-order valence-electron chi connectivity index (χ4n) is 0.932. The van der Waals surface area contributed by atoms with Crippen LogP contribution in [0.3, 0.4) is 0 Å². The number of carbonyl (C=O) groups is 1. The van der Waals surface area contributed by atoms with E-state index in [0.717, 1.165) is 5.69 Å². The van der Waals surface area contributed by atoms with Gasteiger partial charge in [-0.15, -0.1) is 0 Å². The lowest BCUT2D eigenvalue weighted by atomic mass is 10.3. The lowest BCUT2D eigenvalue weighted by Crippen LogP contribution is -2.21.